The first-order valence-electron chi connectivity index (χ1n) is 8.44. The van der Waals surface area contributed by atoms with Gasteiger partial charge >= 0.3 is 5.97 Å². The minimum absolute atomic E-state index is 0.158. The number of carbonyl (C=O) groups is 1. The lowest BCUT2D eigenvalue weighted by Gasteiger charge is -2.39. The van der Waals surface area contributed by atoms with E-state index in [0.717, 1.165) is 56.9 Å². The molecular weight excluding hydrogens is 308 g/mol. The number of carboxylic acids is 1. The molecule has 0 bridgehead atoms. The van der Waals surface area contributed by atoms with Gasteiger partial charge in [0.05, 0.1) is 14.2 Å². The van der Waals surface area contributed by atoms with Crippen LogP contribution in [0.15, 0.2) is 18.2 Å². The van der Waals surface area contributed by atoms with E-state index in [1.807, 2.05) is 18.2 Å². The largest absolute Gasteiger partial charge is 0.497 e. The number of nitrogens with one attached hydrogen (secondary N) is 1. The molecule has 0 amide bonds. The molecule has 1 aromatic carbocycles. The van der Waals surface area contributed by atoms with E-state index in [-0.39, 0.29) is 11.5 Å². The number of aliphatic carboxylic acids is 1. The molecule has 0 aromatic heterocycles. The van der Waals surface area contributed by atoms with Crippen LogP contribution in [-0.2, 0) is 11.3 Å². The number of methoxy groups -OCH3 is 2. The predicted molar refractivity (Wildman–Crippen MR) is 90.5 cm³/mol. The Morgan fingerprint density at radius 2 is 1.88 bits per heavy atom. The Labute approximate surface area is 142 Å². The molecule has 6 heteroatoms. The first kappa shape index (κ1) is 17.0. The molecule has 1 unspecified atom stereocenters. The van der Waals surface area contributed by atoms with Crippen molar-refractivity contribution < 1.29 is 19.4 Å². The maximum Gasteiger partial charge on any atom is 0.320 e. The number of ether oxygens (including phenoxy) is 2. The molecule has 0 aliphatic carbocycles. The van der Waals surface area contributed by atoms with Gasteiger partial charge in [0.2, 0.25) is 0 Å². The van der Waals surface area contributed by atoms with Crippen molar-refractivity contribution in [2.24, 2.45) is 5.41 Å². The van der Waals surface area contributed by atoms with Gasteiger partial charge in [0.25, 0.3) is 0 Å². The lowest BCUT2D eigenvalue weighted by molar-refractivity contribution is -0.139. The molecule has 1 spiro atoms. The third-order valence-corrected chi connectivity index (χ3v) is 5.39. The molecule has 0 saturated carbocycles. The molecule has 24 heavy (non-hydrogen) atoms. The number of benzene rings is 1. The lowest BCUT2D eigenvalue weighted by atomic mass is 9.76. The van der Waals surface area contributed by atoms with E-state index in [0.29, 0.717) is 0 Å². The molecule has 3 rings (SSSR count). The van der Waals surface area contributed by atoms with Crippen LogP contribution in [0.3, 0.4) is 0 Å². The van der Waals surface area contributed by atoms with Crippen LogP contribution in [0, 0.1) is 5.41 Å². The number of rotatable bonds is 5. The van der Waals surface area contributed by atoms with Gasteiger partial charge in [0, 0.05) is 19.2 Å². The van der Waals surface area contributed by atoms with Gasteiger partial charge in [-0.3, -0.25) is 9.69 Å². The highest BCUT2D eigenvalue weighted by atomic mass is 16.5. The normalized spacial score (nSPS) is 23.3. The number of likely N-dealkylation sites (tertiary alicyclic amines) is 1. The standard InChI is InChI=1S/C18H26N2O4/c1-23-14-7-13(8-15(9-14)24-2)11-20-5-3-18(4-6-20)10-16(17(21)22)19-12-18/h7-9,16,19H,3-6,10-12H2,1-2H3,(H,21,22). The van der Waals surface area contributed by atoms with E-state index in [9.17, 15) is 9.90 Å². The van der Waals surface area contributed by atoms with Crippen molar-refractivity contribution in [3.63, 3.8) is 0 Å². The summed E-state index contributed by atoms with van der Waals surface area (Å²) in [6.07, 6.45) is 2.85. The Kier molecular flexibility index (Phi) is 4.96. The van der Waals surface area contributed by atoms with Gasteiger partial charge < -0.3 is 19.9 Å². The summed E-state index contributed by atoms with van der Waals surface area (Å²) in [7, 11) is 3.32. The van der Waals surface area contributed by atoms with Crippen LogP contribution in [0.4, 0.5) is 0 Å². The van der Waals surface area contributed by atoms with Crippen LogP contribution in [0.25, 0.3) is 0 Å². The fraction of sp³-hybridized carbons (Fsp3) is 0.611. The Morgan fingerprint density at radius 1 is 1.25 bits per heavy atom. The van der Waals surface area contributed by atoms with E-state index in [2.05, 4.69) is 10.2 Å². The van der Waals surface area contributed by atoms with Gasteiger partial charge in [-0.05, 0) is 55.5 Å². The smallest absolute Gasteiger partial charge is 0.320 e. The molecule has 1 aromatic rings. The summed E-state index contributed by atoms with van der Waals surface area (Å²) in [5.74, 6) is 0.891. The van der Waals surface area contributed by atoms with Crippen LogP contribution in [0.5, 0.6) is 11.5 Å². The van der Waals surface area contributed by atoms with Gasteiger partial charge in [0.15, 0.2) is 0 Å². The van der Waals surface area contributed by atoms with E-state index in [4.69, 9.17) is 9.47 Å². The van der Waals surface area contributed by atoms with Crippen molar-refractivity contribution in [1.82, 2.24) is 10.2 Å². The molecule has 2 heterocycles. The highest BCUT2D eigenvalue weighted by Gasteiger charge is 2.43. The first-order chi connectivity index (χ1) is 11.5. The minimum atomic E-state index is -0.724. The fourth-order valence-corrected chi connectivity index (χ4v) is 3.87. The number of nitrogens with zero attached hydrogens (tertiary/aromatic N) is 1. The van der Waals surface area contributed by atoms with Gasteiger partial charge in [-0.1, -0.05) is 0 Å². The zero-order valence-corrected chi connectivity index (χ0v) is 14.4. The SMILES string of the molecule is COc1cc(CN2CCC3(CC2)CNC(C(=O)O)C3)cc(OC)c1. The lowest BCUT2D eigenvalue weighted by Crippen LogP contribution is -2.40. The molecule has 1 atom stereocenters. The first-order valence-corrected chi connectivity index (χ1v) is 8.44. The van der Waals surface area contributed by atoms with Crippen molar-refractivity contribution >= 4 is 5.97 Å². The Balaban J connectivity index is 1.59. The summed E-state index contributed by atoms with van der Waals surface area (Å²) in [6.45, 7) is 3.67. The zero-order valence-electron chi connectivity index (χ0n) is 14.4. The maximum atomic E-state index is 11.2. The van der Waals surface area contributed by atoms with E-state index in [1.54, 1.807) is 14.2 Å². The average Bonchev–Trinajstić information content (AvgIpc) is 3.01. The van der Waals surface area contributed by atoms with Gasteiger partial charge in [-0.25, -0.2) is 0 Å². The monoisotopic (exact) mass is 334 g/mol. The number of piperidine rings is 1. The third-order valence-electron chi connectivity index (χ3n) is 5.39. The quantitative estimate of drug-likeness (QED) is 0.855. The molecule has 2 fully saturated rings. The second-order valence-corrected chi connectivity index (χ2v) is 6.97. The Bertz CT molecular complexity index is 574. The summed E-state index contributed by atoms with van der Waals surface area (Å²) >= 11 is 0. The second-order valence-electron chi connectivity index (χ2n) is 6.97. The molecule has 0 radical (unpaired) electrons. The highest BCUT2D eigenvalue weighted by molar-refractivity contribution is 5.74. The third kappa shape index (κ3) is 3.65. The molecule has 132 valence electrons. The topological polar surface area (TPSA) is 71.0 Å². The Hall–Kier alpha value is -1.79. The van der Waals surface area contributed by atoms with Crippen LogP contribution < -0.4 is 14.8 Å². The average molecular weight is 334 g/mol. The van der Waals surface area contributed by atoms with Crippen LogP contribution in [0.2, 0.25) is 0 Å². The minimum Gasteiger partial charge on any atom is -0.497 e. The maximum absolute atomic E-state index is 11.2. The fourth-order valence-electron chi connectivity index (χ4n) is 3.87. The molecule has 2 N–H and O–H groups in total. The molecule has 2 aliphatic heterocycles. The van der Waals surface area contributed by atoms with E-state index >= 15 is 0 Å². The molecular formula is C18H26N2O4. The van der Waals surface area contributed by atoms with Crippen LogP contribution in [0.1, 0.15) is 24.8 Å². The van der Waals surface area contributed by atoms with Crippen molar-refractivity contribution in [3.05, 3.63) is 23.8 Å². The van der Waals surface area contributed by atoms with Crippen molar-refractivity contribution in [2.75, 3.05) is 33.9 Å². The van der Waals surface area contributed by atoms with E-state index in [1.165, 1.54) is 5.56 Å². The van der Waals surface area contributed by atoms with Crippen molar-refractivity contribution in [2.45, 2.75) is 31.8 Å². The van der Waals surface area contributed by atoms with Gasteiger partial charge in [-0.2, -0.15) is 0 Å². The van der Waals surface area contributed by atoms with Crippen LogP contribution >= 0.6 is 0 Å². The van der Waals surface area contributed by atoms with Gasteiger partial charge in [0.1, 0.15) is 17.5 Å². The number of hydrogen-bond donors (Lipinski definition) is 2. The summed E-state index contributed by atoms with van der Waals surface area (Å²) in [6, 6.07) is 5.60. The second kappa shape index (κ2) is 6.99. The number of hydrogen-bond acceptors (Lipinski definition) is 5. The Morgan fingerprint density at radius 3 is 2.38 bits per heavy atom. The molecule has 2 aliphatic rings. The zero-order chi connectivity index (χ0) is 17.2. The highest BCUT2D eigenvalue weighted by Crippen LogP contribution is 2.39. The predicted octanol–water partition coefficient (Wildman–Crippen LogP) is 1.73. The van der Waals surface area contributed by atoms with E-state index < -0.39 is 5.97 Å². The molecule has 2 saturated heterocycles. The summed E-state index contributed by atoms with van der Waals surface area (Å²) in [4.78, 5) is 13.6. The molecule has 6 nitrogen and oxygen atoms in total. The van der Waals surface area contributed by atoms with Gasteiger partial charge in [-0.15, -0.1) is 0 Å². The number of carboxylic acid groups (broad SMARTS) is 1. The van der Waals surface area contributed by atoms with Crippen LogP contribution in [-0.4, -0.2) is 55.9 Å². The van der Waals surface area contributed by atoms with Crippen molar-refractivity contribution in [3.8, 4) is 11.5 Å². The summed E-state index contributed by atoms with van der Waals surface area (Å²) < 4.78 is 10.7. The van der Waals surface area contributed by atoms with Crippen molar-refractivity contribution in [1.29, 1.82) is 0 Å². The summed E-state index contributed by atoms with van der Waals surface area (Å²) in [5, 5.41) is 12.3. The summed E-state index contributed by atoms with van der Waals surface area (Å²) in [5.41, 5.74) is 1.33.